The second-order valence-electron chi connectivity index (χ2n) is 4.05. The molecule has 0 saturated heterocycles. The lowest BCUT2D eigenvalue weighted by atomic mass is 10.2. The Balaban J connectivity index is 1.79. The number of aromatic nitrogens is 1. The molecule has 0 fully saturated rings. The molecule has 0 radical (unpaired) electrons. The second kappa shape index (κ2) is 5.57. The minimum atomic E-state index is 0.785. The Morgan fingerprint density at radius 3 is 2.94 bits per heavy atom. The van der Waals surface area contributed by atoms with Crippen LogP contribution >= 0.6 is 11.3 Å². The molecular formula is C12H18N2OS. The third kappa shape index (κ3) is 3.14. The van der Waals surface area contributed by atoms with Gasteiger partial charge in [0.2, 0.25) is 0 Å². The largest absolute Gasteiger partial charge is 0.377 e. The van der Waals surface area contributed by atoms with E-state index in [0.29, 0.717) is 0 Å². The molecule has 2 rings (SSSR count). The van der Waals surface area contributed by atoms with Crippen molar-refractivity contribution in [3.05, 3.63) is 27.2 Å². The number of rotatable bonds is 4. The number of nitrogens with one attached hydrogen (secondary N) is 1. The lowest BCUT2D eigenvalue weighted by Gasteiger charge is -2.13. The summed E-state index contributed by atoms with van der Waals surface area (Å²) in [5.74, 6) is 0. The molecule has 1 aliphatic heterocycles. The van der Waals surface area contributed by atoms with Gasteiger partial charge in [-0.25, -0.2) is 4.98 Å². The van der Waals surface area contributed by atoms with Gasteiger partial charge in [-0.1, -0.05) is 6.08 Å². The Bertz CT molecular complexity index is 384. The second-order valence-corrected chi connectivity index (χ2v) is 5.34. The summed E-state index contributed by atoms with van der Waals surface area (Å²) in [4.78, 5) is 5.76. The number of ether oxygens (including phenoxy) is 1. The monoisotopic (exact) mass is 238 g/mol. The van der Waals surface area contributed by atoms with E-state index in [9.17, 15) is 0 Å². The van der Waals surface area contributed by atoms with Gasteiger partial charge in [0, 0.05) is 18.0 Å². The van der Waals surface area contributed by atoms with Crippen molar-refractivity contribution >= 4 is 11.3 Å². The fourth-order valence-corrected chi connectivity index (χ4v) is 2.71. The number of hydrogen-bond donors (Lipinski definition) is 1. The van der Waals surface area contributed by atoms with Crippen molar-refractivity contribution in [2.75, 3.05) is 19.8 Å². The van der Waals surface area contributed by atoms with Crippen molar-refractivity contribution in [3.63, 3.8) is 0 Å². The van der Waals surface area contributed by atoms with Gasteiger partial charge in [-0.3, -0.25) is 0 Å². The molecule has 1 aromatic heterocycles. The van der Waals surface area contributed by atoms with E-state index in [-0.39, 0.29) is 0 Å². The number of thiazole rings is 1. The third-order valence-electron chi connectivity index (χ3n) is 2.62. The van der Waals surface area contributed by atoms with Crippen molar-refractivity contribution in [1.82, 2.24) is 10.3 Å². The zero-order chi connectivity index (χ0) is 11.4. The number of hydrogen-bond acceptors (Lipinski definition) is 4. The fraction of sp³-hybridized carbons (Fsp3) is 0.583. The summed E-state index contributed by atoms with van der Waals surface area (Å²) in [6, 6.07) is 0. The molecule has 1 aromatic rings. The minimum absolute atomic E-state index is 0.785. The van der Waals surface area contributed by atoms with Gasteiger partial charge in [0.15, 0.2) is 0 Å². The highest BCUT2D eigenvalue weighted by molar-refractivity contribution is 7.11. The Morgan fingerprint density at radius 1 is 1.44 bits per heavy atom. The van der Waals surface area contributed by atoms with Crippen molar-refractivity contribution in [3.8, 4) is 0 Å². The van der Waals surface area contributed by atoms with Gasteiger partial charge in [0.1, 0.15) is 0 Å². The molecule has 88 valence electrons. The molecule has 0 aromatic carbocycles. The molecule has 0 bridgehead atoms. The highest BCUT2D eigenvalue weighted by atomic mass is 32.1. The summed E-state index contributed by atoms with van der Waals surface area (Å²) < 4.78 is 5.39. The lowest BCUT2D eigenvalue weighted by Crippen LogP contribution is -2.20. The summed E-state index contributed by atoms with van der Waals surface area (Å²) in [5, 5.41) is 4.60. The molecule has 0 saturated carbocycles. The van der Waals surface area contributed by atoms with Crippen molar-refractivity contribution in [2.45, 2.75) is 26.8 Å². The van der Waals surface area contributed by atoms with Crippen LogP contribution in [0.2, 0.25) is 0 Å². The zero-order valence-electron chi connectivity index (χ0n) is 9.88. The lowest BCUT2D eigenvalue weighted by molar-refractivity contribution is 0.149. The normalized spacial score (nSPS) is 16.2. The molecule has 3 nitrogen and oxygen atoms in total. The van der Waals surface area contributed by atoms with Crippen LogP contribution in [0.3, 0.4) is 0 Å². The Hall–Kier alpha value is -0.710. The minimum Gasteiger partial charge on any atom is -0.377 e. The average molecular weight is 238 g/mol. The van der Waals surface area contributed by atoms with Gasteiger partial charge >= 0.3 is 0 Å². The predicted molar refractivity (Wildman–Crippen MR) is 66.8 cm³/mol. The van der Waals surface area contributed by atoms with E-state index in [1.807, 2.05) is 0 Å². The molecular weight excluding hydrogens is 220 g/mol. The van der Waals surface area contributed by atoms with Crippen molar-refractivity contribution < 1.29 is 4.74 Å². The summed E-state index contributed by atoms with van der Waals surface area (Å²) >= 11 is 1.78. The summed E-state index contributed by atoms with van der Waals surface area (Å²) in [6.45, 7) is 7.62. The topological polar surface area (TPSA) is 34.2 Å². The van der Waals surface area contributed by atoms with Crippen LogP contribution in [0.5, 0.6) is 0 Å². The van der Waals surface area contributed by atoms with Gasteiger partial charge < -0.3 is 10.1 Å². The molecule has 0 amide bonds. The molecule has 1 N–H and O–H groups in total. The van der Waals surface area contributed by atoms with Crippen LogP contribution in [0, 0.1) is 13.8 Å². The van der Waals surface area contributed by atoms with E-state index in [1.165, 1.54) is 10.5 Å². The van der Waals surface area contributed by atoms with Crippen LogP contribution in [0.15, 0.2) is 11.6 Å². The summed E-state index contributed by atoms with van der Waals surface area (Å²) in [6.07, 6.45) is 3.33. The quantitative estimate of drug-likeness (QED) is 0.817. The highest BCUT2D eigenvalue weighted by Gasteiger charge is 2.06. The maximum Gasteiger partial charge on any atom is 0.0900 e. The van der Waals surface area contributed by atoms with Crippen LogP contribution in [0.4, 0.5) is 0 Å². The van der Waals surface area contributed by atoms with Crippen LogP contribution in [-0.4, -0.2) is 24.7 Å². The third-order valence-corrected chi connectivity index (χ3v) is 3.69. The summed E-state index contributed by atoms with van der Waals surface area (Å²) in [7, 11) is 0. The molecule has 16 heavy (non-hydrogen) atoms. The van der Waals surface area contributed by atoms with E-state index in [4.69, 9.17) is 4.74 Å². The number of nitrogens with zero attached hydrogens (tertiary/aromatic N) is 1. The number of aryl methyl sites for hydroxylation is 2. The summed E-state index contributed by atoms with van der Waals surface area (Å²) in [5.41, 5.74) is 2.52. The van der Waals surface area contributed by atoms with E-state index in [2.05, 4.69) is 30.2 Å². The molecule has 2 heterocycles. The zero-order valence-corrected chi connectivity index (χ0v) is 10.7. The molecule has 0 aliphatic carbocycles. The molecule has 0 atom stereocenters. The van der Waals surface area contributed by atoms with E-state index in [1.54, 1.807) is 11.3 Å². The fourth-order valence-electron chi connectivity index (χ4n) is 1.81. The Morgan fingerprint density at radius 2 is 2.31 bits per heavy atom. The van der Waals surface area contributed by atoms with E-state index in [0.717, 1.165) is 43.4 Å². The maximum atomic E-state index is 5.39. The molecule has 4 heteroatoms. The predicted octanol–water partition coefficient (Wildman–Crippen LogP) is 2.20. The van der Waals surface area contributed by atoms with Crippen molar-refractivity contribution in [2.24, 2.45) is 0 Å². The van der Waals surface area contributed by atoms with Crippen LogP contribution in [0.1, 0.15) is 22.0 Å². The van der Waals surface area contributed by atoms with Crippen LogP contribution in [-0.2, 0) is 11.3 Å². The highest BCUT2D eigenvalue weighted by Crippen LogP contribution is 2.16. The van der Waals surface area contributed by atoms with Gasteiger partial charge in [-0.15, -0.1) is 11.3 Å². The van der Waals surface area contributed by atoms with Gasteiger partial charge in [-0.2, -0.15) is 0 Å². The first-order chi connectivity index (χ1) is 7.75. The Labute approximate surface area is 101 Å². The van der Waals surface area contributed by atoms with Gasteiger partial charge in [-0.05, 0) is 25.8 Å². The first kappa shape index (κ1) is 11.8. The first-order valence-electron chi connectivity index (χ1n) is 5.65. The van der Waals surface area contributed by atoms with Crippen LogP contribution in [0.25, 0.3) is 0 Å². The SMILES string of the molecule is Cc1nc(C)c(CNCC2=CCCOC2)s1. The van der Waals surface area contributed by atoms with E-state index < -0.39 is 0 Å². The molecule has 1 aliphatic rings. The van der Waals surface area contributed by atoms with Crippen LogP contribution < -0.4 is 5.32 Å². The smallest absolute Gasteiger partial charge is 0.0900 e. The average Bonchev–Trinajstić information content (AvgIpc) is 2.59. The Kier molecular flexibility index (Phi) is 4.09. The maximum absolute atomic E-state index is 5.39. The van der Waals surface area contributed by atoms with Crippen molar-refractivity contribution in [1.29, 1.82) is 0 Å². The van der Waals surface area contributed by atoms with E-state index >= 15 is 0 Å². The van der Waals surface area contributed by atoms with Gasteiger partial charge in [0.25, 0.3) is 0 Å². The standard InChI is InChI=1S/C12H18N2OS/c1-9-12(16-10(2)14-9)7-13-6-11-4-3-5-15-8-11/h4,13H,3,5-8H2,1-2H3. The molecule has 0 spiro atoms. The molecule has 0 unspecified atom stereocenters. The first-order valence-corrected chi connectivity index (χ1v) is 6.46. The van der Waals surface area contributed by atoms with Gasteiger partial charge in [0.05, 0.1) is 23.9 Å².